The Morgan fingerprint density at radius 1 is 1.29 bits per heavy atom. The van der Waals surface area contributed by atoms with E-state index in [1.807, 2.05) is 13.1 Å². The second-order valence-corrected chi connectivity index (χ2v) is 5.14. The Bertz CT molecular complexity index is 346. The number of nitrogens with zero attached hydrogens (tertiary/aromatic N) is 1. The molecule has 1 N–H and O–H groups in total. The van der Waals surface area contributed by atoms with Gasteiger partial charge in [-0.05, 0) is 56.6 Å². The summed E-state index contributed by atoms with van der Waals surface area (Å²) < 4.78 is 14.4. The van der Waals surface area contributed by atoms with Gasteiger partial charge in [-0.25, -0.2) is 4.39 Å². The minimum atomic E-state index is -0.142. The topological polar surface area (TPSA) is 23.5 Å². The first-order valence-electron chi connectivity index (χ1n) is 5.87. The SMILES string of the molecule is CN(CCCCO)CCc1cc(Br)ccc1F. The van der Waals surface area contributed by atoms with Crippen LogP contribution in [0, 0.1) is 5.82 Å². The molecule has 0 bridgehead atoms. The highest BCUT2D eigenvalue weighted by Gasteiger charge is 2.04. The lowest BCUT2D eigenvalue weighted by Crippen LogP contribution is -2.22. The normalized spacial score (nSPS) is 11.1. The molecule has 0 aliphatic rings. The van der Waals surface area contributed by atoms with Gasteiger partial charge in [0.25, 0.3) is 0 Å². The van der Waals surface area contributed by atoms with Gasteiger partial charge in [-0.3, -0.25) is 0 Å². The molecule has 1 aromatic rings. The Morgan fingerprint density at radius 3 is 2.76 bits per heavy atom. The number of halogens is 2. The van der Waals surface area contributed by atoms with Gasteiger partial charge in [-0.1, -0.05) is 15.9 Å². The molecule has 0 amide bonds. The maximum absolute atomic E-state index is 13.5. The van der Waals surface area contributed by atoms with Crippen LogP contribution in [0.25, 0.3) is 0 Å². The van der Waals surface area contributed by atoms with Gasteiger partial charge in [0.2, 0.25) is 0 Å². The minimum absolute atomic E-state index is 0.142. The van der Waals surface area contributed by atoms with Crippen LogP contribution in [-0.4, -0.2) is 36.8 Å². The van der Waals surface area contributed by atoms with Crippen LogP contribution < -0.4 is 0 Å². The molecular weight excluding hydrogens is 285 g/mol. The van der Waals surface area contributed by atoms with E-state index < -0.39 is 0 Å². The average molecular weight is 304 g/mol. The highest BCUT2D eigenvalue weighted by molar-refractivity contribution is 9.10. The zero-order chi connectivity index (χ0) is 12.7. The highest BCUT2D eigenvalue weighted by atomic mass is 79.9. The number of benzene rings is 1. The maximum atomic E-state index is 13.5. The van der Waals surface area contributed by atoms with Crippen molar-refractivity contribution < 1.29 is 9.50 Å². The van der Waals surface area contributed by atoms with Crippen molar-refractivity contribution in [3.05, 3.63) is 34.1 Å². The van der Waals surface area contributed by atoms with Gasteiger partial charge >= 0.3 is 0 Å². The summed E-state index contributed by atoms with van der Waals surface area (Å²) in [4.78, 5) is 2.16. The van der Waals surface area contributed by atoms with E-state index in [1.54, 1.807) is 6.07 Å². The molecule has 0 heterocycles. The summed E-state index contributed by atoms with van der Waals surface area (Å²) >= 11 is 3.35. The summed E-state index contributed by atoms with van der Waals surface area (Å²) in [5, 5.41) is 8.68. The summed E-state index contributed by atoms with van der Waals surface area (Å²) in [6.45, 7) is 2.02. The van der Waals surface area contributed by atoms with Gasteiger partial charge in [0, 0.05) is 17.6 Å². The summed E-state index contributed by atoms with van der Waals surface area (Å²) in [5.41, 5.74) is 0.744. The maximum Gasteiger partial charge on any atom is 0.126 e. The second-order valence-electron chi connectivity index (χ2n) is 4.22. The molecule has 4 heteroatoms. The quantitative estimate of drug-likeness (QED) is 0.783. The number of hydrogen-bond acceptors (Lipinski definition) is 2. The monoisotopic (exact) mass is 303 g/mol. The molecule has 0 atom stereocenters. The van der Waals surface area contributed by atoms with Gasteiger partial charge in [-0.2, -0.15) is 0 Å². The number of aliphatic hydroxyl groups is 1. The number of rotatable bonds is 7. The standard InChI is InChI=1S/C13H19BrFNO/c1-16(7-2-3-9-17)8-6-11-10-12(14)4-5-13(11)15/h4-5,10,17H,2-3,6-9H2,1H3. The van der Waals surface area contributed by atoms with Crippen molar-refractivity contribution in [2.75, 3.05) is 26.7 Å². The fourth-order valence-corrected chi connectivity index (χ4v) is 2.06. The highest BCUT2D eigenvalue weighted by Crippen LogP contribution is 2.16. The summed E-state index contributed by atoms with van der Waals surface area (Å²) in [7, 11) is 2.02. The first-order valence-corrected chi connectivity index (χ1v) is 6.66. The van der Waals surface area contributed by atoms with Crippen LogP contribution in [0.2, 0.25) is 0 Å². The Hall–Kier alpha value is -0.450. The number of unbranched alkanes of at least 4 members (excludes halogenated alkanes) is 1. The van der Waals surface area contributed by atoms with E-state index in [-0.39, 0.29) is 12.4 Å². The van der Waals surface area contributed by atoms with Gasteiger partial charge < -0.3 is 10.0 Å². The largest absolute Gasteiger partial charge is 0.396 e. The van der Waals surface area contributed by atoms with Crippen LogP contribution in [0.5, 0.6) is 0 Å². The molecule has 0 aliphatic heterocycles. The van der Waals surface area contributed by atoms with E-state index in [9.17, 15) is 4.39 Å². The van der Waals surface area contributed by atoms with Crippen LogP contribution >= 0.6 is 15.9 Å². The molecule has 0 spiro atoms. The number of aliphatic hydroxyl groups excluding tert-OH is 1. The zero-order valence-electron chi connectivity index (χ0n) is 10.1. The predicted octanol–water partition coefficient (Wildman–Crippen LogP) is 2.84. The van der Waals surface area contributed by atoms with Crippen LogP contribution in [0.1, 0.15) is 18.4 Å². The fraction of sp³-hybridized carbons (Fsp3) is 0.538. The molecule has 1 rings (SSSR count). The molecule has 96 valence electrons. The van der Waals surface area contributed by atoms with Gasteiger partial charge in [0.05, 0.1) is 0 Å². The van der Waals surface area contributed by atoms with Crippen molar-refractivity contribution in [3.63, 3.8) is 0 Å². The van der Waals surface area contributed by atoms with Crippen molar-refractivity contribution in [2.24, 2.45) is 0 Å². The summed E-state index contributed by atoms with van der Waals surface area (Å²) in [6.07, 6.45) is 2.52. The van der Waals surface area contributed by atoms with E-state index in [0.29, 0.717) is 6.42 Å². The lowest BCUT2D eigenvalue weighted by atomic mass is 10.1. The smallest absolute Gasteiger partial charge is 0.126 e. The molecule has 0 radical (unpaired) electrons. The molecule has 17 heavy (non-hydrogen) atoms. The molecule has 0 saturated carbocycles. The molecular formula is C13H19BrFNO. The number of hydrogen-bond donors (Lipinski definition) is 1. The van der Waals surface area contributed by atoms with Gasteiger partial charge in [-0.15, -0.1) is 0 Å². The van der Waals surface area contributed by atoms with Crippen molar-refractivity contribution in [1.82, 2.24) is 4.90 Å². The van der Waals surface area contributed by atoms with Crippen LogP contribution in [0.3, 0.4) is 0 Å². The van der Waals surface area contributed by atoms with Crippen LogP contribution in [0.15, 0.2) is 22.7 Å². The third kappa shape index (κ3) is 5.61. The molecule has 0 fully saturated rings. The van der Waals surface area contributed by atoms with Crippen molar-refractivity contribution in [1.29, 1.82) is 0 Å². The molecule has 2 nitrogen and oxygen atoms in total. The molecule has 0 unspecified atom stereocenters. The molecule has 0 aromatic heterocycles. The van der Waals surface area contributed by atoms with E-state index >= 15 is 0 Å². The van der Waals surface area contributed by atoms with Gasteiger partial charge in [0.15, 0.2) is 0 Å². The number of likely N-dealkylation sites (N-methyl/N-ethyl adjacent to an activating group) is 1. The van der Waals surface area contributed by atoms with E-state index in [2.05, 4.69) is 20.8 Å². The Labute approximate surface area is 111 Å². The first kappa shape index (κ1) is 14.6. The zero-order valence-corrected chi connectivity index (χ0v) is 11.7. The van der Waals surface area contributed by atoms with Crippen LogP contribution in [0.4, 0.5) is 4.39 Å². The van der Waals surface area contributed by atoms with Gasteiger partial charge in [0.1, 0.15) is 5.82 Å². The minimum Gasteiger partial charge on any atom is -0.396 e. The average Bonchev–Trinajstić information content (AvgIpc) is 2.31. The summed E-state index contributed by atoms with van der Waals surface area (Å²) in [6, 6.07) is 5.03. The van der Waals surface area contributed by atoms with Crippen molar-refractivity contribution in [2.45, 2.75) is 19.3 Å². The van der Waals surface area contributed by atoms with Crippen molar-refractivity contribution in [3.8, 4) is 0 Å². The molecule has 1 aromatic carbocycles. The lowest BCUT2D eigenvalue weighted by molar-refractivity contribution is 0.264. The lowest BCUT2D eigenvalue weighted by Gasteiger charge is -2.16. The van der Waals surface area contributed by atoms with Crippen LogP contribution in [-0.2, 0) is 6.42 Å². The first-order chi connectivity index (χ1) is 8.13. The fourth-order valence-electron chi connectivity index (χ4n) is 1.65. The Balaban J connectivity index is 2.36. The molecule has 0 aliphatic carbocycles. The predicted molar refractivity (Wildman–Crippen MR) is 71.6 cm³/mol. The van der Waals surface area contributed by atoms with E-state index in [4.69, 9.17) is 5.11 Å². The Morgan fingerprint density at radius 2 is 2.06 bits per heavy atom. The molecule has 0 saturated heterocycles. The van der Waals surface area contributed by atoms with E-state index in [1.165, 1.54) is 6.07 Å². The third-order valence-corrected chi connectivity index (χ3v) is 3.21. The summed E-state index contributed by atoms with van der Waals surface area (Å²) in [5.74, 6) is -0.142. The third-order valence-electron chi connectivity index (χ3n) is 2.72. The van der Waals surface area contributed by atoms with Crippen molar-refractivity contribution >= 4 is 15.9 Å². The van der Waals surface area contributed by atoms with E-state index in [0.717, 1.165) is 36.0 Å². The second kappa shape index (κ2) is 7.80. The Kier molecular flexibility index (Phi) is 6.70.